The summed E-state index contributed by atoms with van der Waals surface area (Å²) in [6, 6.07) is 0. The van der Waals surface area contributed by atoms with Gasteiger partial charge in [0.25, 0.3) is 0 Å². The molecule has 1 saturated heterocycles. The molecule has 1 rings (SSSR count). The number of carbonyl (C=O) groups is 1. The fourth-order valence-electron chi connectivity index (χ4n) is 1.46. The van der Waals surface area contributed by atoms with Crippen molar-refractivity contribution < 1.29 is 14.3 Å². The Morgan fingerprint density at radius 2 is 2.23 bits per heavy atom. The van der Waals surface area contributed by atoms with Crippen LogP contribution in [0.15, 0.2) is 0 Å². The fraction of sp³-hybridized carbons (Fsp3) is 0.889. The average Bonchev–Trinajstić information content (AvgIpc) is 2.52. The first-order valence-corrected chi connectivity index (χ1v) is 4.62. The Morgan fingerprint density at radius 3 is 2.77 bits per heavy atom. The SMILES string of the molecule is COCCOC(=O)C1CNCC1C. The molecule has 1 aliphatic heterocycles. The van der Waals surface area contributed by atoms with E-state index in [2.05, 4.69) is 12.2 Å². The molecule has 4 heteroatoms. The minimum absolute atomic E-state index is 0.0249. The predicted molar refractivity (Wildman–Crippen MR) is 48.4 cm³/mol. The quantitative estimate of drug-likeness (QED) is 0.498. The van der Waals surface area contributed by atoms with Crippen molar-refractivity contribution in [3.05, 3.63) is 0 Å². The molecule has 13 heavy (non-hydrogen) atoms. The van der Waals surface area contributed by atoms with Gasteiger partial charge in [-0.05, 0) is 12.5 Å². The number of hydrogen-bond acceptors (Lipinski definition) is 4. The highest BCUT2D eigenvalue weighted by Crippen LogP contribution is 2.16. The van der Waals surface area contributed by atoms with Crippen LogP contribution in [-0.4, -0.2) is 39.4 Å². The van der Waals surface area contributed by atoms with Gasteiger partial charge < -0.3 is 14.8 Å². The van der Waals surface area contributed by atoms with Crippen LogP contribution in [0.25, 0.3) is 0 Å². The molecule has 1 fully saturated rings. The maximum atomic E-state index is 11.4. The molecule has 0 aromatic heterocycles. The van der Waals surface area contributed by atoms with E-state index in [1.165, 1.54) is 0 Å². The van der Waals surface area contributed by atoms with Crippen LogP contribution in [0.1, 0.15) is 6.92 Å². The van der Waals surface area contributed by atoms with E-state index in [4.69, 9.17) is 9.47 Å². The molecule has 1 N–H and O–H groups in total. The molecule has 0 amide bonds. The number of esters is 1. The highest BCUT2D eigenvalue weighted by atomic mass is 16.6. The second-order valence-electron chi connectivity index (χ2n) is 3.40. The van der Waals surface area contributed by atoms with Gasteiger partial charge in [0.15, 0.2) is 0 Å². The Labute approximate surface area is 78.6 Å². The molecule has 0 aromatic rings. The average molecular weight is 187 g/mol. The van der Waals surface area contributed by atoms with Crippen molar-refractivity contribution in [1.29, 1.82) is 0 Å². The fourth-order valence-corrected chi connectivity index (χ4v) is 1.46. The molecule has 1 aliphatic rings. The van der Waals surface area contributed by atoms with Crippen LogP contribution in [-0.2, 0) is 14.3 Å². The van der Waals surface area contributed by atoms with E-state index in [1.807, 2.05) is 0 Å². The van der Waals surface area contributed by atoms with Crippen LogP contribution in [0.2, 0.25) is 0 Å². The summed E-state index contributed by atoms with van der Waals surface area (Å²) in [5, 5.41) is 3.16. The molecule has 76 valence electrons. The number of rotatable bonds is 4. The number of methoxy groups -OCH3 is 1. The Balaban J connectivity index is 2.22. The lowest BCUT2D eigenvalue weighted by atomic mass is 9.99. The van der Waals surface area contributed by atoms with Gasteiger partial charge in [-0.1, -0.05) is 6.92 Å². The summed E-state index contributed by atoms with van der Waals surface area (Å²) in [5.74, 6) is 0.307. The summed E-state index contributed by atoms with van der Waals surface area (Å²) in [5.41, 5.74) is 0. The summed E-state index contributed by atoms with van der Waals surface area (Å²) in [6.45, 7) is 4.54. The van der Waals surface area contributed by atoms with E-state index in [0.717, 1.165) is 13.1 Å². The lowest BCUT2D eigenvalue weighted by Crippen LogP contribution is -2.24. The van der Waals surface area contributed by atoms with Crippen molar-refractivity contribution in [1.82, 2.24) is 5.32 Å². The van der Waals surface area contributed by atoms with Gasteiger partial charge in [-0.2, -0.15) is 0 Å². The third-order valence-corrected chi connectivity index (χ3v) is 2.35. The Morgan fingerprint density at radius 1 is 1.46 bits per heavy atom. The molecular weight excluding hydrogens is 170 g/mol. The van der Waals surface area contributed by atoms with E-state index in [-0.39, 0.29) is 11.9 Å². The number of nitrogens with one attached hydrogen (secondary N) is 1. The van der Waals surface area contributed by atoms with Crippen molar-refractivity contribution in [2.45, 2.75) is 6.92 Å². The second-order valence-corrected chi connectivity index (χ2v) is 3.40. The van der Waals surface area contributed by atoms with Gasteiger partial charge in [-0.15, -0.1) is 0 Å². The van der Waals surface area contributed by atoms with Gasteiger partial charge in [0.05, 0.1) is 12.5 Å². The van der Waals surface area contributed by atoms with E-state index < -0.39 is 0 Å². The number of hydrogen-bond donors (Lipinski definition) is 1. The first kappa shape index (κ1) is 10.5. The Bertz CT molecular complexity index is 172. The summed E-state index contributed by atoms with van der Waals surface area (Å²) < 4.78 is 9.82. The van der Waals surface area contributed by atoms with Crippen molar-refractivity contribution in [2.24, 2.45) is 11.8 Å². The van der Waals surface area contributed by atoms with Gasteiger partial charge in [-0.25, -0.2) is 0 Å². The highest BCUT2D eigenvalue weighted by Gasteiger charge is 2.30. The summed E-state index contributed by atoms with van der Waals surface area (Å²) >= 11 is 0. The molecule has 2 unspecified atom stereocenters. The van der Waals surface area contributed by atoms with Crippen molar-refractivity contribution in [3.63, 3.8) is 0 Å². The van der Waals surface area contributed by atoms with Crippen molar-refractivity contribution in [3.8, 4) is 0 Å². The van der Waals surface area contributed by atoms with Crippen LogP contribution < -0.4 is 5.32 Å². The van der Waals surface area contributed by atoms with E-state index in [1.54, 1.807) is 7.11 Å². The summed E-state index contributed by atoms with van der Waals surface area (Å²) in [7, 11) is 1.59. The molecule has 0 radical (unpaired) electrons. The monoisotopic (exact) mass is 187 g/mol. The molecule has 0 aliphatic carbocycles. The highest BCUT2D eigenvalue weighted by molar-refractivity contribution is 5.73. The van der Waals surface area contributed by atoms with Crippen LogP contribution >= 0.6 is 0 Å². The minimum Gasteiger partial charge on any atom is -0.463 e. The van der Waals surface area contributed by atoms with Gasteiger partial charge >= 0.3 is 5.97 Å². The molecule has 2 atom stereocenters. The largest absolute Gasteiger partial charge is 0.463 e. The van der Waals surface area contributed by atoms with Crippen LogP contribution in [0.4, 0.5) is 0 Å². The van der Waals surface area contributed by atoms with E-state index >= 15 is 0 Å². The van der Waals surface area contributed by atoms with Crippen LogP contribution in [0.5, 0.6) is 0 Å². The van der Waals surface area contributed by atoms with Gasteiger partial charge in [0.1, 0.15) is 6.61 Å². The van der Waals surface area contributed by atoms with Crippen molar-refractivity contribution in [2.75, 3.05) is 33.4 Å². The molecule has 4 nitrogen and oxygen atoms in total. The van der Waals surface area contributed by atoms with Crippen molar-refractivity contribution >= 4 is 5.97 Å². The topological polar surface area (TPSA) is 47.6 Å². The van der Waals surface area contributed by atoms with Gasteiger partial charge in [-0.3, -0.25) is 4.79 Å². The maximum absolute atomic E-state index is 11.4. The smallest absolute Gasteiger partial charge is 0.310 e. The first-order chi connectivity index (χ1) is 6.25. The summed E-state index contributed by atoms with van der Waals surface area (Å²) in [4.78, 5) is 11.4. The van der Waals surface area contributed by atoms with Crippen LogP contribution in [0, 0.1) is 11.8 Å². The van der Waals surface area contributed by atoms with Gasteiger partial charge in [0.2, 0.25) is 0 Å². The Kier molecular flexibility index (Phi) is 4.18. The lowest BCUT2D eigenvalue weighted by molar-refractivity contribution is -0.150. The Hall–Kier alpha value is -0.610. The van der Waals surface area contributed by atoms with Gasteiger partial charge in [0, 0.05) is 13.7 Å². The predicted octanol–water partition coefficient (Wildman–Crippen LogP) is 0.0315. The minimum atomic E-state index is -0.102. The third-order valence-electron chi connectivity index (χ3n) is 2.35. The standard InChI is InChI=1S/C9H17NO3/c1-7-5-10-6-8(7)9(11)13-4-3-12-2/h7-8,10H,3-6H2,1-2H3. The molecular formula is C9H17NO3. The normalized spacial score (nSPS) is 27.5. The zero-order valence-corrected chi connectivity index (χ0v) is 8.21. The molecule has 0 spiro atoms. The number of carbonyl (C=O) groups excluding carboxylic acids is 1. The van der Waals surface area contributed by atoms with E-state index in [0.29, 0.717) is 19.1 Å². The molecule has 1 heterocycles. The van der Waals surface area contributed by atoms with E-state index in [9.17, 15) is 4.79 Å². The molecule has 0 saturated carbocycles. The zero-order valence-electron chi connectivity index (χ0n) is 8.21. The third kappa shape index (κ3) is 2.97. The van der Waals surface area contributed by atoms with Crippen LogP contribution in [0.3, 0.4) is 0 Å². The summed E-state index contributed by atoms with van der Waals surface area (Å²) in [6.07, 6.45) is 0. The first-order valence-electron chi connectivity index (χ1n) is 4.62. The maximum Gasteiger partial charge on any atom is 0.310 e. The molecule has 0 aromatic carbocycles. The molecule has 0 bridgehead atoms. The number of ether oxygens (including phenoxy) is 2. The lowest BCUT2D eigenvalue weighted by Gasteiger charge is -2.12. The zero-order chi connectivity index (χ0) is 9.68. The second kappa shape index (κ2) is 5.19.